The normalized spacial score (nSPS) is 17.1. The molecule has 1 aromatic heterocycles. The van der Waals surface area contributed by atoms with Crippen molar-refractivity contribution in [3.05, 3.63) is 53.9 Å². The maximum absolute atomic E-state index is 5.69. The van der Waals surface area contributed by atoms with E-state index in [-0.39, 0.29) is 0 Å². The lowest BCUT2D eigenvalue weighted by molar-refractivity contribution is 0.635. The van der Waals surface area contributed by atoms with E-state index in [1.54, 1.807) is 12.4 Å². The lowest BCUT2D eigenvalue weighted by Crippen LogP contribution is -2.24. The maximum Gasteiger partial charge on any atom is 0.0547 e. The molecule has 0 fully saturated rings. The van der Waals surface area contributed by atoms with Crippen LogP contribution in [-0.4, -0.2) is 11.5 Å². The number of rotatable bonds is 3. The second-order valence-corrected chi connectivity index (χ2v) is 4.49. The van der Waals surface area contributed by atoms with Crippen LogP contribution < -0.4 is 11.1 Å². The zero-order valence-electron chi connectivity index (χ0n) is 9.56. The Bertz CT molecular complexity index is 536. The molecule has 0 saturated heterocycles. The molecule has 3 nitrogen and oxygen atoms in total. The van der Waals surface area contributed by atoms with Gasteiger partial charge in [-0.25, -0.2) is 0 Å². The largest absolute Gasteiger partial charge is 0.397 e. The minimum atomic E-state index is 0.618. The third-order valence-electron chi connectivity index (χ3n) is 3.27. The number of nitrogens with one attached hydrogen (secondary N) is 1. The van der Waals surface area contributed by atoms with Crippen molar-refractivity contribution in [2.45, 2.75) is 12.3 Å². The van der Waals surface area contributed by atoms with E-state index in [4.69, 9.17) is 5.73 Å². The Morgan fingerprint density at radius 1 is 1.29 bits per heavy atom. The van der Waals surface area contributed by atoms with Crippen LogP contribution in [0.3, 0.4) is 0 Å². The molecular weight excluding hydrogens is 210 g/mol. The summed E-state index contributed by atoms with van der Waals surface area (Å²) in [5.74, 6) is 0.618. The van der Waals surface area contributed by atoms with Crippen molar-refractivity contribution < 1.29 is 0 Å². The van der Waals surface area contributed by atoms with Gasteiger partial charge in [0.15, 0.2) is 0 Å². The maximum atomic E-state index is 5.69. The van der Waals surface area contributed by atoms with Crippen molar-refractivity contribution in [2.24, 2.45) is 0 Å². The summed E-state index contributed by atoms with van der Waals surface area (Å²) < 4.78 is 0. The molecule has 1 aromatic carbocycles. The molecule has 0 radical (unpaired) electrons. The van der Waals surface area contributed by atoms with Crippen molar-refractivity contribution in [3.8, 4) is 0 Å². The first-order valence-corrected chi connectivity index (χ1v) is 5.85. The summed E-state index contributed by atoms with van der Waals surface area (Å²) in [7, 11) is 0. The fraction of sp³-hybridized carbons (Fsp3) is 0.214. The number of fused-ring (bicyclic) bond motifs is 1. The van der Waals surface area contributed by atoms with E-state index in [2.05, 4.69) is 34.6 Å². The molecular formula is C14H15N3. The molecule has 1 heterocycles. The lowest BCUT2D eigenvalue weighted by Gasteiger charge is -2.30. The van der Waals surface area contributed by atoms with Gasteiger partial charge in [0.1, 0.15) is 0 Å². The zero-order chi connectivity index (χ0) is 11.7. The highest BCUT2D eigenvalue weighted by Gasteiger charge is 2.24. The van der Waals surface area contributed by atoms with Gasteiger partial charge in [0.25, 0.3) is 0 Å². The molecule has 0 bridgehead atoms. The van der Waals surface area contributed by atoms with Gasteiger partial charge in [0.05, 0.1) is 17.6 Å². The summed E-state index contributed by atoms with van der Waals surface area (Å²) in [6.07, 6.45) is 4.63. The van der Waals surface area contributed by atoms with E-state index in [1.807, 2.05) is 6.07 Å². The Kier molecular flexibility index (Phi) is 2.44. The predicted octanol–water partition coefficient (Wildman–Crippen LogP) is 2.42. The number of nitrogens with two attached hydrogens (primary N) is 1. The van der Waals surface area contributed by atoms with E-state index < -0.39 is 0 Å². The number of aromatic nitrogens is 1. The van der Waals surface area contributed by atoms with Gasteiger partial charge >= 0.3 is 0 Å². The third-order valence-corrected chi connectivity index (χ3v) is 3.27. The lowest BCUT2D eigenvalue weighted by atomic mass is 9.77. The molecule has 3 N–H and O–H groups in total. The van der Waals surface area contributed by atoms with Crippen LogP contribution in [0.1, 0.15) is 17.0 Å². The first kappa shape index (κ1) is 10.1. The quantitative estimate of drug-likeness (QED) is 0.843. The SMILES string of the molecule is Nc1cncc(NCC2Cc3ccccc32)c1. The summed E-state index contributed by atoms with van der Waals surface area (Å²) in [5, 5.41) is 3.39. The molecule has 1 aliphatic carbocycles. The average molecular weight is 225 g/mol. The smallest absolute Gasteiger partial charge is 0.0547 e. The Balaban J connectivity index is 1.64. The first-order valence-electron chi connectivity index (χ1n) is 5.85. The van der Waals surface area contributed by atoms with Crippen LogP contribution in [-0.2, 0) is 6.42 Å². The van der Waals surface area contributed by atoms with Crippen LogP contribution in [0.25, 0.3) is 0 Å². The number of nitrogen functional groups attached to an aromatic ring is 1. The van der Waals surface area contributed by atoms with E-state index in [1.165, 1.54) is 17.5 Å². The number of hydrogen-bond donors (Lipinski definition) is 2. The number of benzene rings is 1. The molecule has 1 aliphatic rings. The Morgan fingerprint density at radius 3 is 3.00 bits per heavy atom. The van der Waals surface area contributed by atoms with Crippen molar-refractivity contribution in [1.82, 2.24) is 4.98 Å². The van der Waals surface area contributed by atoms with Crippen LogP contribution in [0.2, 0.25) is 0 Å². The van der Waals surface area contributed by atoms with Crippen molar-refractivity contribution in [2.75, 3.05) is 17.6 Å². The van der Waals surface area contributed by atoms with Gasteiger partial charge in [-0.15, -0.1) is 0 Å². The monoisotopic (exact) mass is 225 g/mol. The van der Waals surface area contributed by atoms with Crippen molar-refractivity contribution in [1.29, 1.82) is 0 Å². The summed E-state index contributed by atoms with van der Waals surface area (Å²) >= 11 is 0. The number of anilines is 2. The van der Waals surface area contributed by atoms with Gasteiger partial charge in [-0.1, -0.05) is 24.3 Å². The van der Waals surface area contributed by atoms with Crippen molar-refractivity contribution >= 4 is 11.4 Å². The molecule has 17 heavy (non-hydrogen) atoms. The van der Waals surface area contributed by atoms with Crippen LogP contribution in [0, 0.1) is 0 Å². The summed E-state index contributed by atoms with van der Waals surface area (Å²) in [4.78, 5) is 4.06. The fourth-order valence-electron chi connectivity index (χ4n) is 2.34. The highest BCUT2D eigenvalue weighted by atomic mass is 14.9. The minimum absolute atomic E-state index is 0.618. The molecule has 0 amide bonds. The fourth-order valence-corrected chi connectivity index (χ4v) is 2.34. The standard InChI is InChI=1S/C14H15N3/c15-12-6-13(9-16-8-12)17-7-11-5-10-3-1-2-4-14(10)11/h1-4,6,8-9,11,17H,5,7,15H2. The molecule has 1 atom stereocenters. The summed E-state index contributed by atoms with van der Waals surface area (Å²) in [6, 6.07) is 10.5. The van der Waals surface area contributed by atoms with E-state index in [0.717, 1.165) is 12.2 Å². The minimum Gasteiger partial charge on any atom is -0.397 e. The Labute approximate surface area is 101 Å². The molecule has 0 aliphatic heterocycles. The Morgan fingerprint density at radius 2 is 2.18 bits per heavy atom. The highest BCUT2D eigenvalue weighted by Crippen LogP contribution is 2.34. The van der Waals surface area contributed by atoms with Gasteiger partial charge in [0.2, 0.25) is 0 Å². The van der Waals surface area contributed by atoms with Gasteiger partial charge in [-0.2, -0.15) is 0 Å². The summed E-state index contributed by atoms with van der Waals surface area (Å²) in [5.41, 5.74) is 10.3. The molecule has 0 spiro atoms. The van der Waals surface area contributed by atoms with Crippen LogP contribution in [0.4, 0.5) is 11.4 Å². The van der Waals surface area contributed by atoms with Gasteiger partial charge < -0.3 is 11.1 Å². The summed E-state index contributed by atoms with van der Waals surface area (Å²) in [6.45, 7) is 0.947. The van der Waals surface area contributed by atoms with Gasteiger partial charge in [-0.3, -0.25) is 4.98 Å². The predicted molar refractivity (Wildman–Crippen MR) is 70.0 cm³/mol. The number of hydrogen-bond acceptors (Lipinski definition) is 3. The van der Waals surface area contributed by atoms with Gasteiger partial charge in [0, 0.05) is 18.7 Å². The first-order chi connectivity index (χ1) is 8.33. The average Bonchev–Trinajstić information content (AvgIpc) is 2.30. The molecule has 3 heteroatoms. The molecule has 0 saturated carbocycles. The van der Waals surface area contributed by atoms with Crippen LogP contribution in [0.5, 0.6) is 0 Å². The van der Waals surface area contributed by atoms with Crippen molar-refractivity contribution in [3.63, 3.8) is 0 Å². The topological polar surface area (TPSA) is 50.9 Å². The zero-order valence-corrected chi connectivity index (χ0v) is 9.56. The highest BCUT2D eigenvalue weighted by molar-refractivity contribution is 5.52. The Hall–Kier alpha value is -2.03. The van der Waals surface area contributed by atoms with Gasteiger partial charge in [-0.05, 0) is 23.6 Å². The number of pyridine rings is 1. The number of nitrogens with zero attached hydrogens (tertiary/aromatic N) is 1. The molecule has 3 rings (SSSR count). The third kappa shape index (κ3) is 1.96. The molecule has 86 valence electrons. The van der Waals surface area contributed by atoms with E-state index in [9.17, 15) is 0 Å². The van der Waals surface area contributed by atoms with Crippen LogP contribution >= 0.6 is 0 Å². The molecule has 2 aromatic rings. The van der Waals surface area contributed by atoms with Crippen LogP contribution in [0.15, 0.2) is 42.7 Å². The second-order valence-electron chi connectivity index (χ2n) is 4.49. The molecule has 1 unspecified atom stereocenters. The second kappa shape index (κ2) is 4.09. The van der Waals surface area contributed by atoms with E-state index in [0.29, 0.717) is 11.6 Å². The van der Waals surface area contributed by atoms with E-state index >= 15 is 0 Å².